The van der Waals surface area contributed by atoms with Gasteiger partial charge in [0.1, 0.15) is 5.75 Å². The maximum Gasteiger partial charge on any atom is 0.260 e. The van der Waals surface area contributed by atoms with E-state index in [-0.39, 0.29) is 29.0 Å². The highest BCUT2D eigenvalue weighted by Gasteiger charge is 2.70. The van der Waals surface area contributed by atoms with Crippen molar-refractivity contribution in [2.24, 2.45) is 23.7 Å². The topological polar surface area (TPSA) is 107 Å². The Morgan fingerprint density at radius 1 is 0.857 bits per heavy atom. The molecule has 2 aliphatic heterocycles. The lowest BCUT2D eigenvalue weighted by atomic mass is 9.49. The van der Waals surface area contributed by atoms with Gasteiger partial charge in [0.25, 0.3) is 11.8 Å². The number of aryl methyl sites for hydroxylation is 1. The molecule has 2 heterocycles. The number of nitrogens with zero attached hydrogens (tertiary/aromatic N) is 2. The SMILES string of the molecule is Cc1ccc(NN2C(=O)C3CC4C(=CCC5C(=O)N(c6ccc(I)cc6)C(=O)C54)C(c4ccc(O)cc4Cl)C3(c3ccccc3)C2=O)cc1. The third-order valence-corrected chi connectivity index (χ3v) is 11.8. The summed E-state index contributed by atoms with van der Waals surface area (Å²) in [5.41, 5.74) is 5.80. The van der Waals surface area contributed by atoms with Gasteiger partial charge in [-0.1, -0.05) is 77.3 Å². The lowest BCUT2D eigenvalue weighted by molar-refractivity contribution is -0.138. The van der Waals surface area contributed by atoms with E-state index in [0.717, 1.165) is 19.7 Å². The van der Waals surface area contributed by atoms with E-state index in [1.807, 2.05) is 79.7 Å². The molecule has 6 unspecified atom stereocenters. The van der Waals surface area contributed by atoms with Crippen molar-refractivity contribution < 1.29 is 24.3 Å². The zero-order valence-electron chi connectivity index (χ0n) is 26.3. The van der Waals surface area contributed by atoms with Crippen molar-refractivity contribution in [1.82, 2.24) is 5.01 Å². The number of imide groups is 2. The first kappa shape index (κ1) is 31.8. The molecule has 4 amide bonds. The van der Waals surface area contributed by atoms with Gasteiger partial charge in [-0.05, 0) is 108 Å². The average molecular weight is 784 g/mol. The van der Waals surface area contributed by atoms with Crippen LogP contribution in [0.25, 0.3) is 0 Å². The van der Waals surface area contributed by atoms with E-state index in [0.29, 0.717) is 28.9 Å². The molecular formula is C39H31ClIN3O5. The zero-order valence-corrected chi connectivity index (χ0v) is 29.3. The number of halogens is 2. The minimum Gasteiger partial charge on any atom is -0.508 e. The molecule has 4 aromatic rings. The molecule has 4 aromatic carbocycles. The lowest BCUT2D eigenvalue weighted by Crippen LogP contribution is -2.53. The van der Waals surface area contributed by atoms with Crippen molar-refractivity contribution in [1.29, 1.82) is 0 Å². The fourth-order valence-electron chi connectivity index (χ4n) is 8.69. The molecule has 0 bridgehead atoms. The highest BCUT2D eigenvalue weighted by atomic mass is 127. The van der Waals surface area contributed by atoms with Gasteiger partial charge in [-0.3, -0.25) is 29.5 Å². The van der Waals surface area contributed by atoms with Gasteiger partial charge < -0.3 is 5.11 Å². The molecule has 0 radical (unpaired) electrons. The molecular weight excluding hydrogens is 753 g/mol. The van der Waals surface area contributed by atoms with Crippen LogP contribution in [-0.4, -0.2) is 33.7 Å². The Labute approximate surface area is 301 Å². The van der Waals surface area contributed by atoms with Crippen molar-refractivity contribution >= 4 is 69.2 Å². The number of benzene rings is 4. The largest absolute Gasteiger partial charge is 0.508 e. The molecule has 8 nitrogen and oxygen atoms in total. The second-order valence-corrected chi connectivity index (χ2v) is 14.9. The quantitative estimate of drug-likeness (QED) is 0.127. The number of phenols is 1. The van der Waals surface area contributed by atoms with Gasteiger partial charge in [-0.2, -0.15) is 5.01 Å². The number of phenolic OH excluding ortho intramolecular Hbond substituents is 1. The summed E-state index contributed by atoms with van der Waals surface area (Å²) in [6.45, 7) is 1.96. The zero-order chi connectivity index (χ0) is 34.2. The Balaban J connectivity index is 1.32. The molecule has 2 saturated heterocycles. The predicted octanol–water partition coefficient (Wildman–Crippen LogP) is 7.15. The summed E-state index contributed by atoms with van der Waals surface area (Å²) in [6.07, 6.45) is 2.48. The van der Waals surface area contributed by atoms with Crippen LogP contribution < -0.4 is 10.3 Å². The van der Waals surface area contributed by atoms with E-state index < -0.39 is 46.8 Å². The fraction of sp³-hybridized carbons (Fsp3) is 0.231. The number of allylic oxidation sites excluding steroid dienone is 2. The summed E-state index contributed by atoms with van der Waals surface area (Å²) in [6, 6.07) is 28.6. The highest BCUT2D eigenvalue weighted by Crippen LogP contribution is 2.64. The predicted molar refractivity (Wildman–Crippen MR) is 194 cm³/mol. The summed E-state index contributed by atoms with van der Waals surface area (Å²) in [7, 11) is 0. The molecule has 2 aliphatic carbocycles. The molecule has 0 aromatic heterocycles. The third kappa shape index (κ3) is 4.76. The van der Waals surface area contributed by atoms with Crippen molar-refractivity contribution in [2.45, 2.75) is 31.1 Å². The Hall–Kier alpha value is -4.48. The van der Waals surface area contributed by atoms with Crippen molar-refractivity contribution in [3.63, 3.8) is 0 Å². The molecule has 6 atom stereocenters. The second-order valence-electron chi connectivity index (χ2n) is 13.3. The summed E-state index contributed by atoms with van der Waals surface area (Å²) in [5, 5.41) is 11.7. The van der Waals surface area contributed by atoms with E-state index in [9.17, 15) is 19.5 Å². The number of hydrogen-bond acceptors (Lipinski definition) is 6. The van der Waals surface area contributed by atoms with Gasteiger partial charge in [0, 0.05) is 14.5 Å². The van der Waals surface area contributed by atoms with Crippen LogP contribution in [0.1, 0.15) is 35.4 Å². The number of hydrazine groups is 1. The number of nitrogens with one attached hydrogen (secondary N) is 1. The normalized spacial score (nSPS) is 27.5. The van der Waals surface area contributed by atoms with Gasteiger partial charge >= 0.3 is 0 Å². The molecule has 4 aliphatic rings. The number of carbonyl (C=O) groups excluding carboxylic acids is 4. The maximum atomic E-state index is 15.2. The van der Waals surface area contributed by atoms with Gasteiger partial charge in [0.05, 0.1) is 34.5 Å². The monoisotopic (exact) mass is 783 g/mol. The number of rotatable bonds is 5. The van der Waals surface area contributed by atoms with Gasteiger partial charge in [-0.15, -0.1) is 0 Å². The van der Waals surface area contributed by atoms with E-state index in [4.69, 9.17) is 11.6 Å². The van der Waals surface area contributed by atoms with Crippen LogP contribution in [0.5, 0.6) is 5.75 Å². The number of anilines is 2. The van der Waals surface area contributed by atoms with Crippen LogP contribution in [0.4, 0.5) is 11.4 Å². The standard InChI is InChI=1S/C39H31ClIN3O5/c1-21-7-11-24(12-8-21)42-44-36(47)31-20-30-27(17-18-29-33(30)37(48)43(35(29)46)25-13-9-23(41)10-14-25)34(28-16-15-26(45)19-32(28)40)39(31,38(44)49)22-5-3-2-4-6-22/h2-17,19,29-31,33-34,42,45H,18,20H2,1H3. The number of fused-ring (bicyclic) bond motifs is 4. The van der Waals surface area contributed by atoms with Crippen molar-refractivity contribution in [2.75, 3.05) is 10.3 Å². The van der Waals surface area contributed by atoms with Crippen LogP contribution >= 0.6 is 34.2 Å². The molecule has 2 N–H and O–H groups in total. The number of aromatic hydroxyl groups is 1. The molecule has 49 heavy (non-hydrogen) atoms. The summed E-state index contributed by atoms with van der Waals surface area (Å²) >= 11 is 9.12. The first-order valence-corrected chi connectivity index (χ1v) is 17.7. The Morgan fingerprint density at radius 2 is 1.57 bits per heavy atom. The van der Waals surface area contributed by atoms with Crippen LogP contribution in [0.15, 0.2) is 109 Å². The number of amides is 4. The number of hydrogen-bond donors (Lipinski definition) is 2. The van der Waals surface area contributed by atoms with Crippen LogP contribution in [0.2, 0.25) is 5.02 Å². The smallest absolute Gasteiger partial charge is 0.260 e. The lowest BCUT2D eigenvalue weighted by Gasteiger charge is -2.50. The number of carbonyl (C=O) groups is 4. The molecule has 3 fully saturated rings. The average Bonchev–Trinajstić information content (AvgIpc) is 3.48. The summed E-state index contributed by atoms with van der Waals surface area (Å²) in [5.74, 6) is -4.96. The van der Waals surface area contributed by atoms with Gasteiger partial charge in [0.2, 0.25) is 11.8 Å². The molecule has 10 heteroatoms. The molecule has 0 spiro atoms. The fourth-order valence-corrected chi connectivity index (χ4v) is 9.33. The molecule has 8 rings (SSSR count). The van der Waals surface area contributed by atoms with Gasteiger partial charge in [-0.25, -0.2) is 0 Å². The van der Waals surface area contributed by atoms with E-state index in [1.165, 1.54) is 17.0 Å². The van der Waals surface area contributed by atoms with Crippen LogP contribution in [0, 0.1) is 34.2 Å². The van der Waals surface area contributed by atoms with E-state index >= 15 is 4.79 Å². The molecule has 246 valence electrons. The minimum absolute atomic E-state index is 0.0367. The summed E-state index contributed by atoms with van der Waals surface area (Å²) < 4.78 is 0.980. The van der Waals surface area contributed by atoms with Crippen molar-refractivity contribution in [3.05, 3.63) is 134 Å². The van der Waals surface area contributed by atoms with Gasteiger partial charge in [0.15, 0.2) is 0 Å². The first-order valence-electron chi connectivity index (χ1n) is 16.2. The van der Waals surface area contributed by atoms with E-state index in [1.54, 1.807) is 18.2 Å². The highest BCUT2D eigenvalue weighted by molar-refractivity contribution is 14.1. The van der Waals surface area contributed by atoms with Crippen molar-refractivity contribution in [3.8, 4) is 5.75 Å². The molecule has 1 saturated carbocycles. The Kier molecular flexibility index (Phi) is 7.68. The second kappa shape index (κ2) is 11.8. The van der Waals surface area contributed by atoms with E-state index in [2.05, 4.69) is 28.0 Å². The first-order chi connectivity index (χ1) is 23.6. The third-order valence-electron chi connectivity index (χ3n) is 10.8. The van der Waals surface area contributed by atoms with Crippen LogP contribution in [-0.2, 0) is 24.6 Å². The minimum atomic E-state index is -1.44. The van der Waals surface area contributed by atoms with Crippen LogP contribution in [0.3, 0.4) is 0 Å². The Bertz CT molecular complexity index is 2070. The Morgan fingerprint density at radius 3 is 2.27 bits per heavy atom. The summed E-state index contributed by atoms with van der Waals surface area (Å²) in [4.78, 5) is 59.6. The maximum absolute atomic E-state index is 15.2.